The van der Waals surface area contributed by atoms with Gasteiger partial charge in [-0.1, -0.05) is 33.8 Å². The minimum atomic E-state index is 0.0316. The monoisotopic (exact) mass is 332 g/mol. The van der Waals surface area contributed by atoms with Crippen LogP contribution in [0.2, 0.25) is 0 Å². The molecule has 0 saturated carbocycles. The van der Waals surface area contributed by atoms with E-state index in [4.69, 9.17) is 4.98 Å². The van der Waals surface area contributed by atoms with E-state index in [2.05, 4.69) is 73.0 Å². The molecule has 0 aliphatic carbocycles. The summed E-state index contributed by atoms with van der Waals surface area (Å²) in [5, 5.41) is 0. The van der Waals surface area contributed by atoms with Gasteiger partial charge in [-0.25, -0.2) is 4.98 Å². The molecule has 0 spiro atoms. The quantitative estimate of drug-likeness (QED) is 0.549. The average molecular weight is 332 g/mol. The van der Waals surface area contributed by atoms with Gasteiger partial charge in [-0.2, -0.15) is 0 Å². The van der Waals surface area contributed by atoms with E-state index in [1.165, 1.54) is 11.3 Å². The van der Waals surface area contributed by atoms with E-state index in [0.29, 0.717) is 5.92 Å². The van der Waals surface area contributed by atoms with Crippen LogP contribution < -0.4 is 0 Å². The van der Waals surface area contributed by atoms with Gasteiger partial charge >= 0.3 is 0 Å². The number of H-pyrrole nitrogens is 2. The minimum absolute atomic E-state index is 0.0316. The predicted octanol–water partition coefficient (Wildman–Crippen LogP) is 5.08. The molecule has 1 aromatic carbocycles. The van der Waals surface area contributed by atoms with E-state index in [1.807, 2.05) is 12.3 Å². The number of aromatic nitrogens is 4. The molecule has 0 aliphatic heterocycles. The third kappa shape index (κ3) is 3.04. The van der Waals surface area contributed by atoms with Crippen molar-refractivity contribution in [3.05, 3.63) is 59.7 Å². The Labute approximate surface area is 147 Å². The highest BCUT2D eigenvalue weighted by Crippen LogP contribution is 2.26. The maximum Gasteiger partial charge on any atom is 0.112 e. The molecule has 25 heavy (non-hydrogen) atoms. The van der Waals surface area contributed by atoms with E-state index < -0.39 is 0 Å². The van der Waals surface area contributed by atoms with Crippen LogP contribution in [0.3, 0.4) is 0 Å². The van der Waals surface area contributed by atoms with Gasteiger partial charge in [0.25, 0.3) is 0 Å². The fourth-order valence-electron chi connectivity index (χ4n) is 3.25. The molecule has 128 valence electrons. The summed E-state index contributed by atoms with van der Waals surface area (Å²) in [5.41, 5.74) is 6.86. The topological polar surface area (TPSA) is 57.4 Å². The van der Waals surface area contributed by atoms with Crippen LogP contribution in [0.4, 0.5) is 0 Å². The molecule has 4 nitrogen and oxygen atoms in total. The van der Waals surface area contributed by atoms with E-state index in [-0.39, 0.29) is 5.41 Å². The van der Waals surface area contributed by atoms with Gasteiger partial charge in [-0.3, -0.25) is 4.98 Å². The van der Waals surface area contributed by atoms with E-state index >= 15 is 0 Å². The van der Waals surface area contributed by atoms with Crippen LogP contribution in [-0.2, 0) is 11.8 Å². The van der Waals surface area contributed by atoms with Crippen molar-refractivity contribution >= 4 is 22.1 Å². The highest BCUT2D eigenvalue weighted by molar-refractivity contribution is 5.77. The molecule has 3 aromatic heterocycles. The molecular formula is C21H24N4. The largest absolute Gasteiger partial charge is 0.357 e. The third-order valence-electron chi connectivity index (χ3n) is 4.74. The third-order valence-corrected chi connectivity index (χ3v) is 4.74. The van der Waals surface area contributed by atoms with E-state index in [0.717, 1.165) is 34.3 Å². The average Bonchev–Trinajstić information content (AvgIpc) is 3.18. The summed E-state index contributed by atoms with van der Waals surface area (Å²) in [7, 11) is 0. The molecule has 4 aromatic rings. The standard InChI is InChI=1S/C21H24N4/c1-13(17-12-18-15(23-17)6-5-9-22-18)10-14-7-8-16-19(11-14)25-20(24-16)21(2,3)4/h5-9,11-13,23H,10H2,1-4H3,(H,24,25). The SMILES string of the molecule is CC(Cc1ccc2nc(C(C)(C)C)[nH]c2c1)c1cc2ncccc2[nH]1. The van der Waals surface area contributed by atoms with Gasteiger partial charge in [0.2, 0.25) is 0 Å². The normalized spacial score (nSPS) is 13.6. The number of fused-ring (bicyclic) bond motifs is 2. The maximum atomic E-state index is 4.72. The van der Waals surface area contributed by atoms with Crippen molar-refractivity contribution in [1.29, 1.82) is 0 Å². The van der Waals surface area contributed by atoms with Gasteiger partial charge in [0.05, 0.1) is 22.1 Å². The summed E-state index contributed by atoms with van der Waals surface area (Å²) in [4.78, 5) is 16.1. The Balaban J connectivity index is 1.61. The highest BCUT2D eigenvalue weighted by atomic mass is 14.9. The van der Waals surface area contributed by atoms with Crippen LogP contribution in [-0.4, -0.2) is 19.9 Å². The fourth-order valence-corrected chi connectivity index (χ4v) is 3.25. The highest BCUT2D eigenvalue weighted by Gasteiger charge is 2.18. The molecule has 3 heterocycles. The lowest BCUT2D eigenvalue weighted by atomic mass is 9.96. The smallest absolute Gasteiger partial charge is 0.112 e. The number of nitrogens with zero attached hydrogens (tertiary/aromatic N) is 2. The zero-order valence-corrected chi connectivity index (χ0v) is 15.2. The Morgan fingerprint density at radius 2 is 1.84 bits per heavy atom. The summed E-state index contributed by atoms with van der Waals surface area (Å²) in [6, 6.07) is 12.7. The number of hydrogen-bond acceptors (Lipinski definition) is 2. The Morgan fingerprint density at radius 3 is 2.60 bits per heavy atom. The first-order valence-corrected chi connectivity index (χ1v) is 8.83. The second-order valence-corrected chi connectivity index (χ2v) is 7.95. The second-order valence-electron chi connectivity index (χ2n) is 7.95. The van der Waals surface area contributed by atoms with Crippen molar-refractivity contribution < 1.29 is 0 Å². The van der Waals surface area contributed by atoms with Gasteiger partial charge in [-0.15, -0.1) is 0 Å². The number of imidazole rings is 1. The molecule has 0 aliphatic rings. The molecule has 0 radical (unpaired) electrons. The first-order chi connectivity index (χ1) is 11.9. The number of nitrogens with one attached hydrogen (secondary N) is 2. The van der Waals surface area contributed by atoms with E-state index in [1.54, 1.807) is 0 Å². The molecule has 0 saturated heterocycles. The molecule has 2 N–H and O–H groups in total. The molecule has 4 heteroatoms. The summed E-state index contributed by atoms with van der Waals surface area (Å²) >= 11 is 0. The summed E-state index contributed by atoms with van der Waals surface area (Å²) in [6.45, 7) is 8.79. The lowest BCUT2D eigenvalue weighted by Crippen LogP contribution is -2.12. The molecule has 1 unspecified atom stereocenters. The van der Waals surface area contributed by atoms with Crippen LogP contribution in [0.15, 0.2) is 42.6 Å². The van der Waals surface area contributed by atoms with Crippen LogP contribution in [0.25, 0.3) is 22.1 Å². The van der Waals surface area contributed by atoms with E-state index in [9.17, 15) is 0 Å². The molecule has 0 bridgehead atoms. The Morgan fingerprint density at radius 1 is 1.00 bits per heavy atom. The summed E-state index contributed by atoms with van der Waals surface area (Å²) < 4.78 is 0. The van der Waals surface area contributed by atoms with Crippen LogP contribution in [0.5, 0.6) is 0 Å². The maximum absolute atomic E-state index is 4.72. The molecule has 0 amide bonds. The number of benzene rings is 1. The zero-order chi connectivity index (χ0) is 17.6. The molecule has 4 rings (SSSR count). The Hall–Kier alpha value is -2.62. The molecule has 0 fully saturated rings. The van der Waals surface area contributed by atoms with Crippen LogP contribution >= 0.6 is 0 Å². The predicted molar refractivity (Wildman–Crippen MR) is 103 cm³/mol. The van der Waals surface area contributed by atoms with Gasteiger partial charge < -0.3 is 9.97 Å². The number of rotatable bonds is 3. The number of aromatic amines is 2. The van der Waals surface area contributed by atoms with Crippen molar-refractivity contribution in [1.82, 2.24) is 19.9 Å². The molecule has 1 atom stereocenters. The summed E-state index contributed by atoms with van der Waals surface area (Å²) in [5.74, 6) is 1.44. The first-order valence-electron chi connectivity index (χ1n) is 8.83. The number of pyridine rings is 1. The summed E-state index contributed by atoms with van der Waals surface area (Å²) in [6.07, 6.45) is 2.82. The Kier molecular flexibility index (Phi) is 3.64. The van der Waals surface area contributed by atoms with Gasteiger partial charge in [0.15, 0.2) is 0 Å². The Bertz CT molecular complexity index is 1000. The lowest BCUT2D eigenvalue weighted by molar-refractivity contribution is 0.554. The zero-order valence-electron chi connectivity index (χ0n) is 15.2. The first kappa shape index (κ1) is 15.9. The van der Waals surface area contributed by atoms with Gasteiger partial charge in [-0.05, 0) is 42.3 Å². The minimum Gasteiger partial charge on any atom is -0.357 e. The molecular weight excluding hydrogens is 308 g/mol. The van der Waals surface area contributed by atoms with Crippen molar-refractivity contribution in [2.45, 2.75) is 45.4 Å². The van der Waals surface area contributed by atoms with Crippen molar-refractivity contribution in [2.24, 2.45) is 0 Å². The second kappa shape index (κ2) is 5.73. The van der Waals surface area contributed by atoms with Crippen molar-refractivity contribution in [2.75, 3.05) is 0 Å². The van der Waals surface area contributed by atoms with Crippen molar-refractivity contribution in [3.63, 3.8) is 0 Å². The lowest BCUT2D eigenvalue weighted by Gasteiger charge is -2.13. The van der Waals surface area contributed by atoms with Crippen molar-refractivity contribution in [3.8, 4) is 0 Å². The van der Waals surface area contributed by atoms with Gasteiger partial charge in [0, 0.05) is 23.2 Å². The number of hydrogen-bond donors (Lipinski definition) is 2. The van der Waals surface area contributed by atoms with Crippen LogP contribution in [0, 0.1) is 0 Å². The van der Waals surface area contributed by atoms with Crippen LogP contribution in [0.1, 0.15) is 50.7 Å². The van der Waals surface area contributed by atoms with Gasteiger partial charge in [0.1, 0.15) is 5.82 Å². The fraction of sp³-hybridized carbons (Fsp3) is 0.333.